The lowest BCUT2D eigenvalue weighted by atomic mass is 10.1. The topological polar surface area (TPSA) is 17.8 Å². The highest BCUT2D eigenvalue weighted by atomic mass is 15.1. The number of benzene rings is 1. The van der Waals surface area contributed by atoms with Gasteiger partial charge in [-0.25, -0.2) is 4.98 Å². The molecule has 0 aliphatic heterocycles. The van der Waals surface area contributed by atoms with E-state index in [4.69, 9.17) is 0 Å². The van der Waals surface area contributed by atoms with Gasteiger partial charge < -0.3 is 4.57 Å². The number of para-hydroxylation sites is 2. The number of hydrogen-bond donors (Lipinski definition) is 0. The Morgan fingerprint density at radius 1 is 1.07 bits per heavy atom. The van der Waals surface area contributed by atoms with Crippen molar-refractivity contribution in [3.8, 4) is 0 Å². The SMILES string of the molecule is CC.CC(C)(C)n1cnc2ccccc21. The minimum absolute atomic E-state index is 0.107. The van der Waals surface area contributed by atoms with Crippen LogP contribution in [0.25, 0.3) is 11.0 Å². The Bertz CT molecular complexity index is 421. The summed E-state index contributed by atoms with van der Waals surface area (Å²) in [5, 5.41) is 0. The first-order valence-electron chi connectivity index (χ1n) is 5.51. The van der Waals surface area contributed by atoms with Crippen LogP contribution in [0.5, 0.6) is 0 Å². The van der Waals surface area contributed by atoms with Gasteiger partial charge in [0, 0.05) is 5.54 Å². The molecular weight excluding hydrogens is 184 g/mol. The molecule has 0 fully saturated rings. The number of aromatic nitrogens is 2. The Morgan fingerprint density at radius 2 is 1.67 bits per heavy atom. The lowest BCUT2D eigenvalue weighted by Gasteiger charge is -2.21. The van der Waals surface area contributed by atoms with Crippen molar-refractivity contribution < 1.29 is 0 Å². The zero-order chi connectivity index (χ0) is 11.5. The molecule has 0 amide bonds. The fourth-order valence-corrected chi connectivity index (χ4v) is 1.49. The van der Waals surface area contributed by atoms with Gasteiger partial charge in [0.2, 0.25) is 0 Å². The molecule has 0 aliphatic rings. The monoisotopic (exact) mass is 204 g/mol. The number of fused-ring (bicyclic) bond motifs is 1. The summed E-state index contributed by atoms with van der Waals surface area (Å²) in [4.78, 5) is 4.35. The van der Waals surface area contributed by atoms with Crippen molar-refractivity contribution in [1.82, 2.24) is 9.55 Å². The van der Waals surface area contributed by atoms with Crippen LogP contribution in [0.15, 0.2) is 30.6 Å². The first-order chi connectivity index (χ1) is 7.09. The van der Waals surface area contributed by atoms with Gasteiger partial charge in [-0.3, -0.25) is 0 Å². The predicted octanol–water partition coefficient (Wildman–Crippen LogP) is 3.82. The van der Waals surface area contributed by atoms with E-state index in [-0.39, 0.29) is 5.54 Å². The third-order valence-corrected chi connectivity index (χ3v) is 2.18. The molecule has 0 spiro atoms. The average molecular weight is 204 g/mol. The number of imidazole rings is 1. The molecule has 15 heavy (non-hydrogen) atoms. The van der Waals surface area contributed by atoms with Gasteiger partial charge >= 0.3 is 0 Å². The molecule has 0 bridgehead atoms. The van der Waals surface area contributed by atoms with Gasteiger partial charge in [0.25, 0.3) is 0 Å². The van der Waals surface area contributed by atoms with Crippen LogP contribution in [0.2, 0.25) is 0 Å². The smallest absolute Gasteiger partial charge is 0.0963 e. The van der Waals surface area contributed by atoms with E-state index in [0.717, 1.165) is 5.52 Å². The van der Waals surface area contributed by atoms with E-state index in [2.05, 4.69) is 36.4 Å². The maximum absolute atomic E-state index is 4.35. The van der Waals surface area contributed by atoms with Crippen LogP contribution in [-0.2, 0) is 5.54 Å². The van der Waals surface area contributed by atoms with E-state index in [9.17, 15) is 0 Å². The molecule has 1 heterocycles. The van der Waals surface area contributed by atoms with Crippen molar-refractivity contribution in [2.45, 2.75) is 40.2 Å². The van der Waals surface area contributed by atoms with Gasteiger partial charge in [-0.15, -0.1) is 0 Å². The van der Waals surface area contributed by atoms with Crippen LogP contribution in [0.4, 0.5) is 0 Å². The highest BCUT2D eigenvalue weighted by Gasteiger charge is 2.14. The molecule has 2 heteroatoms. The summed E-state index contributed by atoms with van der Waals surface area (Å²) in [6.07, 6.45) is 1.91. The van der Waals surface area contributed by atoms with E-state index in [1.165, 1.54) is 5.52 Å². The van der Waals surface area contributed by atoms with E-state index in [0.29, 0.717) is 0 Å². The second-order valence-electron chi connectivity index (χ2n) is 4.27. The summed E-state index contributed by atoms with van der Waals surface area (Å²) in [5.41, 5.74) is 2.38. The van der Waals surface area contributed by atoms with Crippen molar-refractivity contribution in [2.24, 2.45) is 0 Å². The molecule has 2 rings (SSSR count). The van der Waals surface area contributed by atoms with Gasteiger partial charge in [-0.2, -0.15) is 0 Å². The van der Waals surface area contributed by atoms with Crippen molar-refractivity contribution in [2.75, 3.05) is 0 Å². The van der Waals surface area contributed by atoms with E-state index in [1.807, 2.05) is 38.4 Å². The second kappa shape index (κ2) is 4.47. The Hall–Kier alpha value is -1.31. The molecular formula is C13H20N2. The van der Waals surface area contributed by atoms with E-state index < -0.39 is 0 Å². The Kier molecular flexibility index (Phi) is 3.51. The first-order valence-corrected chi connectivity index (χ1v) is 5.51. The van der Waals surface area contributed by atoms with Crippen LogP contribution in [0.1, 0.15) is 34.6 Å². The van der Waals surface area contributed by atoms with Crippen molar-refractivity contribution in [3.05, 3.63) is 30.6 Å². The summed E-state index contributed by atoms with van der Waals surface area (Å²) in [6.45, 7) is 10.5. The summed E-state index contributed by atoms with van der Waals surface area (Å²) in [5.74, 6) is 0. The van der Waals surface area contributed by atoms with Crippen LogP contribution in [0.3, 0.4) is 0 Å². The molecule has 0 saturated carbocycles. The summed E-state index contributed by atoms with van der Waals surface area (Å²) < 4.78 is 2.20. The van der Waals surface area contributed by atoms with E-state index in [1.54, 1.807) is 0 Å². The Balaban J connectivity index is 0.000000531. The molecule has 2 aromatic rings. The standard InChI is InChI=1S/C11H14N2.C2H6/c1-11(2,3)13-8-12-9-6-4-5-7-10(9)13;1-2/h4-8H,1-3H3;1-2H3. The molecule has 1 aromatic carbocycles. The zero-order valence-electron chi connectivity index (χ0n) is 10.3. The Labute approximate surface area is 91.9 Å². The minimum Gasteiger partial charge on any atom is -0.325 e. The number of rotatable bonds is 0. The summed E-state index contributed by atoms with van der Waals surface area (Å²) >= 11 is 0. The van der Waals surface area contributed by atoms with Crippen LogP contribution in [0, 0.1) is 0 Å². The predicted molar refractivity (Wildman–Crippen MR) is 66.1 cm³/mol. The lowest BCUT2D eigenvalue weighted by Crippen LogP contribution is -2.20. The molecule has 0 radical (unpaired) electrons. The molecule has 82 valence electrons. The maximum Gasteiger partial charge on any atom is 0.0963 e. The highest BCUT2D eigenvalue weighted by molar-refractivity contribution is 5.75. The molecule has 2 nitrogen and oxygen atoms in total. The molecule has 0 N–H and O–H groups in total. The number of nitrogens with zero attached hydrogens (tertiary/aromatic N) is 2. The highest BCUT2D eigenvalue weighted by Crippen LogP contribution is 2.20. The third-order valence-electron chi connectivity index (χ3n) is 2.18. The van der Waals surface area contributed by atoms with Crippen LogP contribution >= 0.6 is 0 Å². The molecule has 0 saturated heterocycles. The summed E-state index contributed by atoms with van der Waals surface area (Å²) in [7, 11) is 0. The zero-order valence-corrected chi connectivity index (χ0v) is 10.3. The first kappa shape index (κ1) is 11.8. The molecule has 0 unspecified atom stereocenters. The van der Waals surface area contributed by atoms with Crippen molar-refractivity contribution in [3.63, 3.8) is 0 Å². The normalized spacial score (nSPS) is 11.0. The fraction of sp³-hybridized carbons (Fsp3) is 0.462. The van der Waals surface area contributed by atoms with Gasteiger partial charge in [0.1, 0.15) is 0 Å². The average Bonchev–Trinajstić information content (AvgIpc) is 2.63. The number of hydrogen-bond acceptors (Lipinski definition) is 1. The van der Waals surface area contributed by atoms with Crippen LogP contribution < -0.4 is 0 Å². The lowest BCUT2D eigenvalue weighted by molar-refractivity contribution is 0.408. The molecule has 1 aromatic heterocycles. The fourth-order valence-electron chi connectivity index (χ4n) is 1.49. The molecule has 0 aliphatic carbocycles. The van der Waals surface area contributed by atoms with Crippen molar-refractivity contribution in [1.29, 1.82) is 0 Å². The third kappa shape index (κ3) is 2.38. The summed E-state index contributed by atoms with van der Waals surface area (Å²) in [6, 6.07) is 8.21. The van der Waals surface area contributed by atoms with Gasteiger partial charge in [-0.1, -0.05) is 26.0 Å². The Morgan fingerprint density at radius 3 is 2.27 bits per heavy atom. The minimum atomic E-state index is 0.107. The van der Waals surface area contributed by atoms with Crippen molar-refractivity contribution >= 4 is 11.0 Å². The second-order valence-corrected chi connectivity index (χ2v) is 4.27. The molecule has 0 atom stereocenters. The maximum atomic E-state index is 4.35. The largest absolute Gasteiger partial charge is 0.325 e. The van der Waals surface area contributed by atoms with Gasteiger partial charge in [-0.05, 0) is 32.9 Å². The van der Waals surface area contributed by atoms with E-state index >= 15 is 0 Å². The quantitative estimate of drug-likeness (QED) is 0.638. The van der Waals surface area contributed by atoms with Gasteiger partial charge in [0.15, 0.2) is 0 Å². The van der Waals surface area contributed by atoms with Crippen LogP contribution in [-0.4, -0.2) is 9.55 Å². The van der Waals surface area contributed by atoms with Gasteiger partial charge in [0.05, 0.1) is 17.4 Å².